The zero-order valence-corrected chi connectivity index (χ0v) is 14.6. The van der Waals surface area contributed by atoms with Crippen molar-refractivity contribution in [2.75, 3.05) is 13.1 Å². The van der Waals surface area contributed by atoms with Gasteiger partial charge in [0.1, 0.15) is 12.5 Å². The smallest absolute Gasteiger partial charge is 0.135 e. The van der Waals surface area contributed by atoms with Crippen LogP contribution in [-0.4, -0.2) is 48.1 Å². The van der Waals surface area contributed by atoms with Crippen LogP contribution in [0.2, 0.25) is 0 Å². The summed E-state index contributed by atoms with van der Waals surface area (Å²) in [4.78, 5) is 0. The number of halogens is 2. The molecule has 4 aliphatic rings. The maximum absolute atomic E-state index is 13.7. The molecule has 0 radical (unpaired) electrons. The first-order chi connectivity index (χ1) is 11.6. The van der Waals surface area contributed by atoms with Crippen LogP contribution in [0.1, 0.15) is 25.7 Å². The van der Waals surface area contributed by atoms with Gasteiger partial charge in [0.15, 0.2) is 0 Å². The summed E-state index contributed by atoms with van der Waals surface area (Å²) in [5.74, 6) is 0.777. The number of rotatable bonds is 2. The molecule has 3 heterocycles. The normalized spacial score (nSPS) is 46.6. The van der Waals surface area contributed by atoms with Gasteiger partial charge in [0.05, 0.1) is 11.5 Å². The summed E-state index contributed by atoms with van der Waals surface area (Å²) in [7, 11) is 0. The third kappa shape index (κ3) is 3.28. The van der Waals surface area contributed by atoms with Gasteiger partial charge in [-0.1, -0.05) is 23.8 Å². The third-order valence-corrected chi connectivity index (χ3v) is 6.21. The molecule has 134 valence electrons. The van der Waals surface area contributed by atoms with E-state index in [0.717, 1.165) is 32.4 Å². The van der Waals surface area contributed by atoms with Gasteiger partial charge in [-0.05, 0) is 44.1 Å². The Morgan fingerprint density at radius 2 is 2.17 bits per heavy atom. The minimum Gasteiger partial charge on any atom is -0.309 e. The standard InChI is InChI=1S/C17H27ClFN5/c18-13-8-10(3-5-14(13)19)16-12(2-1-7-21-16)11-4-6-15-22-17(20)23-24(15)9-11/h2-3,5,10-11,13-17,21-23H,1,4,6-9,20H2. The summed E-state index contributed by atoms with van der Waals surface area (Å²) in [6, 6.07) is 0.273. The average Bonchev–Trinajstić information content (AvgIpc) is 2.96. The molecule has 0 aromatic carbocycles. The highest BCUT2D eigenvalue weighted by Crippen LogP contribution is 2.36. The van der Waals surface area contributed by atoms with Gasteiger partial charge in [-0.15, -0.1) is 11.6 Å². The van der Waals surface area contributed by atoms with Crippen molar-refractivity contribution in [2.45, 2.75) is 55.7 Å². The van der Waals surface area contributed by atoms with E-state index < -0.39 is 11.5 Å². The maximum atomic E-state index is 13.7. The zero-order valence-electron chi connectivity index (χ0n) is 13.8. The van der Waals surface area contributed by atoms with Crippen LogP contribution in [0.4, 0.5) is 4.39 Å². The van der Waals surface area contributed by atoms with Crippen molar-refractivity contribution in [3.8, 4) is 0 Å². The number of hydrogen-bond donors (Lipinski definition) is 4. The van der Waals surface area contributed by atoms with Crippen molar-refractivity contribution < 1.29 is 4.39 Å². The molecular formula is C17H27ClFN5. The fourth-order valence-corrected chi connectivity index (χ4v) is 4.90. The molecule has 5 nitrogen and oxygen atoms in total. The molecule has 7 heteroatoms. The van der Waals surface area contributed by atoms with Crippen LogP contribution < -0.4 is 21.8 Å². The molecule has 24 heavy (non-hydrogen) atoms. The first kappa shape index (κ1) is 16.9. The van der Waals surface area contributed by atoms with Crippen LogP contribution in [0.3, 0.4) is 0 Å². The SMILES string of the molecule is NC1NC2CCC(C3=CCCNC3C3C=CC(F)C(Cl)C3)CN2N1. The van der Waals surface area contributed by atoms with E-state index in [-0.39, 0.29) is 18.2 Å². The van der Waals surface area contributed by atoms with Crippen molar-refractivity contribution in [3.05, 3.63) is 23.8 Å². The summed E-state index contributed by atoms with van der Waals surface area (Å²) >= 11 is 6.19. The van der Waals surface area contributed by atoms with Gasteiger partial charge in [-0.2, -0.15) is 0 Å². The van der Waals surface area contributed by atoms with Crippen LogP contribution in [0.25, 0.3) is 0 Å². The van der Waals surface area contributed by atoms with Crippen LogP contribution in [-0.2, 0) is 0 Å². The highest BCUT2D eigenvalue weighted by Gasteiger charge is 2.39. The Labute approximate surface area is 147 Å². The molecule has 1 aliphatic carbocycles. The molecule has 2 saturated heterocycles. The average molecular weight is 356 g/mol. The van der Waals surface area contributed by atoms with E-state index in [4.69, 9.17) is 17.3 Å². The van der Waals surface area contributed by atoms with Crippen molar-refractivity contribution >= 4 is 11.6 Å². The summed E-state index contributed by atoms with van der Waals surface area (Å²) in [5.41, 5.74) is 10.7. The third-order valence-electron chi connectivity index (χ3n) is 5.79. The number of nitrogens with zero attached hydrogens (tertiary/aromatic N) is 1. The Bertz CT molecular complexity index is 527. The lowest BCUT2D eigenvalue weighted by molar-refractivity contribution is 0.100. The fraction of sp³-hybridized carbons (Fsp3) is 0.765. The number of hydrogen-bond acceptors (Lipinski definition) is 5. The molecule has 5 N–H and O–H groups in total. The number of alkyl halides is 2. The lowest BCUT2D eigenvalue weighted by Crippen LogP contribution is -2.51. The highest BCUT2D eigenvalue weighted by atomic mass is 35.5. The molecule has 4 rings (SSSR count). The number of allylic oxidation sites excluding steroid dienone is 1. The van der Waals surface area contributed by atoms with E-state index in [0.29, 0.717) is 18.5 Å². The van der Waals surface area contributed by atoms with E-state index in [2.05, 4.69) is 27.1 Å². The van der Waals surface area contributed by atoms with Gasteiger partial charge < -0.3 is 11.1 Å². The Morgan fingerprint density at radius 1 is 1.29 bits per heavy atom. The van der Waals surface area contributed by atoms with Crippen molar-refractivity contribution in [1.29, 1.82) is 0 Å². The molecule has 0 amide bonds. The summed E-state index contributed by atoms with van der Waals surface area (Å²) < 4.78 is 13.7. The van der Waals surface area contributed by atoms with Gasteiger partial charge in [-0.3, -0.25) is 5.32 Å². The first-order valence-corrected chi connectivity index (χ1v) is 9.49. The number of hydrazine groups is 1. The second-order valence-corrected chi connectivity index (χ2v) is 7.95. The van der Waals surface area contributed by atoms with Gasteiger partial charge >= 0.3 is 0 Å². The molecular weight excluding hydrogens is 329 g/mol. The van der Waals surface area contributed by atoms with Crippen molar-refractivity contribution in [3.63, 3.8) is 0 Å². The number of piperidine rings is 1. The second-order valence-electron chi connectivity index (χ2n) is 7.39. The molecule has 0 aromatic heterocycles. The maximum Gasteiger partial charge on any atom is 0.135 e. The van der Waals surface area contributed by atoms with Gasteiger partial charge in [-0.25, -0.2) is 14.8 Å². The van der Waals surface area contributed by atoms with E-state index in [1.165, 1.54) is 5.57 Å². The molecule has 7 unspecified atom stereocenters. The fourth-order valence-electron chi connectivity index (χ4n) is 4.61. The summed E-state index contributed by atoms with van der Waals surface area (Å²) in [5, 5.41) is 8.84. The largest absolute Gasteiger partial charge is 0.309 e. The Kier molecular flexibility index (Phi) is 4.95. The summed E-state index contributed by atoms with van der Waals surface area (Å²) in [6.45, 7) is 1.94. The molecule has 0 saturated carbocycles. The number of fused-ring (bicyclic) bond motifs is 1. The molecule has 0 aromatic rings. The van der Waals surface area contributed by atoms with E-state index >= 15 is 0 Å². The monoisotopic (exact) mass is 355 g/mol. The Morgan fingerprint density at radius 3 is 3.00 bits per heavy atom. The Balaban J connectivity index is 1.49. The van der Waals surface area contributed by atoms with Crippen LogP contribution in [0.5, 0.6) is 0 Å². The lowest BCUT2D eigenvalue weighted by atomic mass is 9.76. The highest BCUT2D eigenvalue weighted by molar-refractivity contribution is 6.21. The zero-order chi connectivity index (χ0) is 16.7. The van der Waals surface area contributed by atoms with Crippen LogP contribution in [0.15, 0.2) is 23.8 Å². The summed E-state index contributed by atoms with van der Waals surface area (Å²) in [6.07, 6.45) is 9.22. The van der Waals surface area contributed by atoms with Gasteiger partial charge in [0.25, 0.3) is 0 Å². The van der Waals surface area contributed by atoms with Crippen molar-refractivity contribution in [1.82, 2.24) is 21.1 Å². The topological polar surface area (TPSA) is 65.3 Å². The van der Waals surface area contributed by atoms with Crippen LogP contribution in [0, 0.1) is 11.8 Å². The minimum atomic E-state index is -1.02. The van der Waals surface area contributed by atoms with E-state index in [1.54, 1.807) is 6.08 Å². The molecule has 2 fully saturated rings. The molecule has 7 atom stereocenters. The Hall–Kier alpha value is -0.500. The molecule has 0 bridgehead atoms. The second kappa shape index (κ2) is 7.02. The quantitative estimate of drug-likeness (QED) is 0.442. The lowest BCUT2D eigenvalue weighted by Gasteiger charge is -2.41. The van der Waals surface area contributed by atoms with E-state index in [1.807, 2.05) is 6.08 Å². The van der Waals surface area contributed by atoms with E-state index in [9.17, 15) is 4.39 Å². The number of nitrogens with one attached hydrogen (secondary N) is 3. The predicted octanol–water partition coefficient (Wildman–Crippen LogP) is 1.18. The first-order valence-electron chi connectivity index (χ1n) is 9.06. The van der Waals surface area contributed by atoms with Crippen LogP contribution >= 0.6 is 11.6 Å². The molecule has 3 aliphatic heterocycles. The minimum absolute atomic E-state index is 0.150. The molecule has 0 spiro atoms. The van der Waals surface area contributed by atoms with Crippen molar-refractivity contribution in [2.24, 2.45) is 17.6 Å². The predicted molar refractivity (Wildman–Crippen MR) is 93.7 cm³/mol. The van der Waals surface area contributed by atoms with Gasteiger partial charge in [0, 0.05) is 12.6 Å². The van der Waals surface area contributed by atoms with Gasteiger partial charge in [0.2, 0.25) is 0 Å². The number of nitrogens with two attached hydrogens (primary N) is 1.